The minimum atomic E-state index is -0.456. The molecular weight excluding hydrogens is 446 g/mol. The second-order valence-electron chi connectivity index (χ2n) is 8.37. The van der Waals surface area contributed by atoms with Crippen molar-refractivity contribution >= 4 is 34.3 Å². The number of carbonyl (C=O) groups is 1. The maximum Gasteiger partial charge on any atom is 0.266 e. The topological polar surface area (TPSA) is 64.4 Å². The molecule has 1 aromatic heterocycles. The molecule has 3 aromatic carbocycles. The van der Waals surface area contributed by atoms with Gasteiger partial charge in [-0.05, 0) is 56.2 Å². The van der Waals surface area contributed by atoms with Crippen LogP contribution < -0.4 is 15.2 Å². The summed E-state index contributed by atoms with van der Waals surface area (Å²) < 4.78 is 7.09. The first-order chi connectivity index (χ1) is 16.5. The van der Waals surface area contributed by atoms with E-state index in [2.05, 4.69) is 13.0 Å². The monoisotopic (exact) mass is 471 g/mol. The predicted octanol–water partition coefficient (Wildman–Crippen LogP) is 4.85. The minimum Gasteiger partial charge on any atom is -0.495 e. The van der Waals surface area contributed by atoms with Gasteiger partial charge < -0.3 is 9.64 Å². The van der Waals surface area contributed by atoms with E-state index in [-0.39, 0.29) is 17.5 Å². The molecule has 34 heavy (non-hydrogen) atoms. The number of ether oxygens (including phenoxy) is 1. The van der Waals surface area contributed by atoms with Crippen molar-refractivity contribution in [2.24, 2.45) is 0 Å². The lowest BCUT2D eigenvalue weighted by molar-refractivity contribution is -0.118. The molecule has 6 nitrogen and oxygen atoms in total. The molecule has 7 heteroatoms. The van der Waals surface area contributed by atoms with Gasteiger partial charge in [0.15, 0.2) is 5.16 Å². The number of para-hydroxylation sites is 4. The van der Waals surface area contributed by atoms with Crippen LogP contribution >= 0.6 is 11.8 Å². The Kier molecular flexibility index (Phi) is 5.87. The first-order valence-electron chi connectivity index (χ1n) is 11.2. The average Bonchev–Trinajstić information content (AvgIpc) is 3.19. The van der Waals surface area contributed by atoms with Gasteiger partial charge in [-0.25, -0.2) is 4.98 Å². The van der Waals surface area contributed by atoms with Crippen molar-refractivity contribution in [1.29, 1.82) is 0 Å². The van der Waals surface area contributed by atoms with E-state index in [0.29, 0.717) is 27.5 Å². The molecular formula is C27H25N3O3S. The number of amides is 1. The van der Waals surface area contributed by atoms with E-state index in [1.807, 2.05) is 72.5 Å². The number of hydrogen-bond donors (Lipinski definition) is 0. The third-order valence-electron chi connectivity index (χ3n) is 6.15. The quantitative estimate of drug-likeness (QED) is 0.307. The number of carbonyl (C=O) groups excluding carboxylic acids is 1. The Morgan fingerprint density at radius 2 is 1.71 bits per heavy atom. The Labute approximate surface area is 202 Å². The van der Waals surface area contributed by atoms with Crippen LogP contribution in [0.25, 0.3) is 16.6 Å². The smallest absolute Gasteiger partial charge is 0.266 e. The highest BCUT2D eigenvalue weighted by molar-refractivity contribution is 8.00. The molecule has 0 aliphatic carbocycles. The van der Waals surface area contributed by atoms with E-state index in [1.54, 1.807) is 17.7 Å². The zero-order valence-corrected chi connectivity index (χ0v) is 20.1. The van der Waals surface area contributed by atoms with Gasteiger partial charge in [-0.1, -0.05) is 54.2 Å². The van der Waals surface area contributed by atoms with E-state index in [0.717, 1.165) is 12.1 Å². The van der Waals surface area contributed by atoms with Crippen molar-refractivity contribution in [3.05, 3.63) is 88.7 Å². The average molecular weight is 472 g/mol. The zero-order chi connectivity index (χ0) is 23.8. The highest BCUT2D eigenvalue weighted by Gasteiger charge is 2.34. The summed E-state index contributed by atoms with van der Waals surface area (Å²) in [5.41, 5.74) is 3.13. The number of hydrogen-bond acceptors (Lipinski definition) is 5. The van der Waals surface area contributed by atoms with Crippen molar-refractivity contribution in [1.82, 2.24) is 9.55 Å². The lowest BCUT2D eigenvalue weighted by Gasteiger charge is -2.26. The van der Waals surface area contributed by atoms with Crippen LogP contribution in [0.3, 0.4) is 0 Å². The van der Waals surface area contributed by atoms with Crippen molar-refractivity contribution in [3.63, 3.8) is 0 Å². The van der Waals surface area contributed by atoms with E-state index < -0.39 is 5.25 Å². The van der Waals surface area contributed by atoms with E-state index >= 15 is 0 Å². The first kappa shape index (κ1) is 22.2. The highest BCUT2D eigenvalue weighted by atomic mass is 32.2. The van der Waals surface area contributed by atoms with Crippen molar-refractivity contribution in [2.75, 3.05) is 12.0 Å². The maximum absolute atomic E-state index is 13.6. The Morgan fingerprint density at radius 3 is 2.50 bits per heavy atom. The molecule has 0 radical (unpaired) electrons. The molecule has 4 aromatic rings. The van der Waals surface area contributed by atoms with E-state index in [1.165, 1.54) is 17.3 Å². The largest absolute Gasteiger partial charge is 0.495 e. The van der Waals surface area contributed by atoms with Crippen LogP contribution in [-0.2, 0) is 11.2 Å². The Hall–Kier alpha value is -3.58. The molecule has 2 atom stereocenters. The normalized spacial score (nSPS) is 15.9. The predicted molar refractivity (Wildman–Crippen MR) is 136 cm³/mol. The molecule has 1 aliphatic heterocycles. The molecule has 0 unspecified atom stereocenters. The van der Waals surface area contributed by atoms with E-state index in [4.69, 9.17) is 9.72 Å². The Morgan fingerprint density at radius 1 is 1.03 bits per heavy atom. The highest BCUT2D eigenvalue weighted by Crippen LogP contribution is 2.35. The van der Waals surface area contributed by atoms with Gasteiger partial charge >= 0.3 is 0 Å². The fraction of sp³-hybridized carbons (Fsp3) is 0.222. The molecule has 172 valence electrons. The molecule has 0 spiro atoms. The number of fused-ring (bicyclic) bond motifs is 2. The first-order valence-corrected chi connectivity index (χ1v) is 12.1. The van der Waals surface area contributed by atoms with Crippen LogP contribution in [0, 0.1) is 0 Å². The summed E-state index contributed by atoms with van der Waals surface area (Å²) in [5, 5.41) is 0.510. The summed E-state index contributed by atoms with van der Waals surface area (Å²) in [5.74, 6) is 0.557. The van der Waals surface area contributed by atoms with Crippen LogP contribution in [-0.4, -0.2) is 33.9 Å². The van der Waals surface area contributed by atoms with Gasteiger partial charge in [0.25, 0.3) is 5.56 Å². The number of nitrogens with zero attached hydrogens (tertiary/aromatic N) is 3. The molecule has 2 heterocycles. The fourth-order valence-electron chi connectivity index (χ4n) is 4.52. The standard InChI is InChI=1S/C27H25N3O3S/c1-17-16-19-10-4-7-13-22(19)29(17)25(31)18(2)34-27-28-21-12-6-5-11-20(21)26(32)30(27)23-14-8-9-15-24(23)33-3/h4-15,17-18H,16H2,1-3H3/t17-,18-/m1/s1. The zero-order valence-electron chi connectivity index (χ0n) is 19.3. The summed E-state index contributed by atoms with van der Waals surface area (Å²) in [6.07, 6.45) is 0.833. The lowest BCUT2D eigenvalue weighted by Crippen LogP contribution is -2.40. The minimum absolute atomic E-state index is 0.00330. The van der Waals surface area contributed by atoms with Gasteiger partial charge in [0, 0.05) is 11.7 Å². The van der Waals surface area contributed by atoms with Crippen LogP contribution in [0.5, 0.6) is 5.75 Å². The van der Waals surface area contributed by atoms with Gasteiger partial charge in [-0.3, -0.25) is 14.2 Å². The lowest BCUT2D eigenvalue weighted by atomic mass is 10.1. The number of rotatable bonds is 5. The summed E-state index contributed by atoms with van der Waals surface area (Å²) >= 11 is 1.29. The molecule has 1 aliphatic rings. The second kappa shape index (κ2) is 8.99. The van der Waals surface area contributed by atoms with Gasteiger partial charge in [0.2, 0.25) is 5.91 Å². The summed E-state index contributed by atoms with van der Waals surface area (Å²) in [6, 6.07) is 22.7. The summed E-state index contributed by atoms with van der Waals surface area (Å²) in [6.45, 7) is 3.93. The van der Waals surface area contributed by atoms with Gasteiger partial charge in [0.1, 0.15) is 5.75 Å². The molecule has 0 bridgehead atoms. The molecule has 0 fully saturated rings. The SMILES string of the molecule is COc1ccccc1-n1c(S[C@H](C)C(=O)N2c3ccccc3C[C@H]2C)nc2ccccc2c1=O. The van der Waals surface area contributed by atoms with Crippen LogP contribution in [0.2, 0.25) is 0 Å². The molecule has 0 saturated heterocycles. The van der Waals surface area contributed by atoms with Gasteiger partial charge in [-0.2, -0.15) is 0 Å². The van der Waals surface area contributed by atoms with Crippen molar-refractivity contribution in [3.8, 4) is 11.4 Å². The molecule has 0 saturated carbocycles. The van der Waals surface area contributed by atoms with Crippen LogP contribution in [0.4, 0.5) is 5.69 Å². The Balaban J connectivity index is 1.59. The maximum atomic E-state index is 13.6. The number of aromatic nitrogens is 2. The molecule has 0 N–H and O–H groups in total. The summed E-state index contributed by atoms with van der Waals surface area (Å²) in [7, 11) is 1.57. The van der Waals surface area contributed by atoms with Crippen molar-refractivity contribution < 1.29 is 9.53 Å². The second-order valence-corrected chi connectivity index (χ2v) is 9.68. The van der Waals surface area contributed by atoms with Crippen LogP contribution in [0.1, 0.15) is 19.4 Å². The Bertz CT molecular complexity index is 1450. The third kappa shape index (κ3) is 3.76. The number of benzene rings is 3. The number of methoxy groups -OCH3 is 1. The van der Waals surface area contributed by atoms with E-state index in [9.17, 15) is 9.59 Å². The third-order valence-corrected chi connectivity index (χ3v) is 7.19. The molecule has 1 amide bonds. The van der Waals surface area contributed by atoms with Gasteiger partial charge in [-0.15, -0.1) is 0 Å². The molecule has 5 rings (SSSR count). The van der Waals surface area contributed by atoms with Gasteiger partial charge in [0.05, 0.1) is 29.0 Å². The fourth-order valence-corrected chi connectivity index (χ4v) is 5.49. The number of anilines is 1. The van der Waals surface area contributed by atoms with Crippen molar-refractivity contribution in [2.45, 2.75) is 36.7 Å². The summed E-state index contributed by atoms with van der Waals surface area (Å²) in [4.78, 5) is 33.9. The number of thioether (sulfide) groups is 1. The van der Waals surface area contributed by atoms with Crippen LogP contribution in [0.15, 0.2) is 82.7 Å².